The Morgan fingerprint density at radius 2 is 2.04 bits per heavy atom. The molecule has 0 aliphatic rings. The first-order valence-electron chi connectivity index (χ1n) is 7.21. The van der Waals surface area contributed by atoms with Gasteiger partial charge in [0.1, 0.15) is 0 Å². The molecule has 0 bridgehead atoms. The molecule has 0 saturated carbocycles. The number of aryl methyl sites for hydroxylation is 2. The first-order chi connectivity index (χ1) is 11.6. The third-order valence-corrected chi connectivity index (χ3v) is 5.12. The normalized spacial score (nSPS) is 10.6. The molecule has 2 aromatic heterocycles. The minimum Gasteiger partial charge on any atom is -0.330 e. The van der Waals surface area contributed by atoms with Crippen LogP contribution in [0.15, 0.2) is 34.7 Å². The molecule has 24 heavy (non-hydrogen) atoms. The van der Waals surface area contributed by atoms with Gasteiger partial charge in [0.15, 0.2) is 4.34 Å². The third kappa shape index (κ3) is 4.12. The van der Waals surface area contributed by atoms with Gasteiger partial charge in [0, 0.05) is 5.69 Å². The summed E-state index contributed by atoms with van der Waals surface area (Å²) in [6, 6.07) is 9.76. The Hall–Kier alpha value is -2.39. The van der Waals surface area contributed by atoms with Gasteiger partial charge in [-0.3, -0.25) is 9.89 Å². The summed E-state index contributed by atoms with van der Waals surface area (Å²) < 4.78 is 0.740. The van der Waals surface area contributed by atoms with E-state index in [0.29, 0.717) is 5.13 Å². The number of amides is 1. The van der Waals surface area contributed by atoms with Crippen molar-refractivity contribution in [3.63, 3.8) is 0 Å². The zero-order valence-corrected chi connectivity index (χ0v) is 14.8. The van der Waals surface area contributed by atoms with Gasteiger partial charge in [0.2, 0.25) is 11.0 Å². The number of aromatic nitrogens is 4. The number of thioether (sulfide) groups is 1. The number of hydrogen-bond acceptors (Lipinski definition) is 7. The molecule has 3 N–H and O–H groups in total. The fourth-order valence-corrected chi connectivity index (χ4v) is 3.57. The first kappa shape index (κ1) is 16.5. The molecular formula is C15H16N6OS2. The van der Waals surface area contributed by atoms with E-state index < -0.39 is 0 Å². The number of benzene rings is 1. The van der Waals surface area contributed by atoms with Crippen LogP contribution in [-0.4, -0.2) is 32.1 Å². The van der Waals surface area contributed by atoms with E-state index in [2.05, 4.69) is 31.0 Å². The number of para-hydroxylation sites is 1. The number of H-pyrrole nitrogens is 1. The number of anilines is 3. The van der Waals surface area contributed by atoms with Crippen LogP contribution in [-0.2, 0) is 4.79 Å². The topological polar surface area (TPSA) is 95.6 Å². The van der Waals surface area contributed by atoms with Gasteiger partial charge in [0.25, 0.3) is 0 Å². The van der Waals surface area contributed by atoms with Crippen molar-refractivity contribution in [3.05, 3.63) is 41.7 Å². The van der Waals surface area contributed by atoms with Gasteiger partial charge in [-0.25, -0.2) is 0 Å². The molecule has 124 valence electrons. The Kier molecular flexibility index (Phi) is 5.11. The second-order valence-corrected chi connectivity index (χ2v) is 7.21. The highest BCUT2D eigenvalue weighted by Crippen LogP contribution is 2.27. The van der Waals surface area contributed by atoms with E-state index in [0.717, 1.165) is 27.1 Å². The second kappa shape index (κ2) is 7.45. The molecule has 0 aliphatic carbocycles. The smallest absolute Gasteiger partial charge is 0.234 e. The molecule has 1 aromatic carbocycles. The quantitative estimate of drug-likeness (QED) is 0.584. The van der Waals surface area contributed by atoms with Crippen molar-refractivity contribution in [1.82, 2.24) is 20.4 Å². The van der Waals surface area contributed by atoms with Crippen molar-refractivity contribution < 1.29 is 4.79 Å². The van der Waals surface area contributed by atoms with Crippen molar-refractivity contribution >= 4 is 45.5 Å². The molecule has 0 atom stereocenters. The molecule has 9 heteroatoms. The average Bonchev–Trinajstić information content (AvgIpc) is 3.15. The molecule has 0 aliphatic heterocycles. The third-order valence-electron chi connectivity index (χ3n) is 3.15. The molecule has 0 radical (unpaired) electrons. The van der Waals surface area contributed by atoms with Crippen molar-refractivity contribution in [2.45, 2.75) is 18.2 Å². The monoisotopic (exact) mass is 360 g/mol. The SMILES string of the molecule is Cc1n[nH]c(C)c1NC(=O)CSc1nnc(Nc2ccccc2)s1. The van der Waals surface area contributed by atoms with Crippen LogP contribution in [0.1, 0.15) is 11.4 Å². The second-order valence-electron chi connectivity index (χ2n) is 5.01. The lowest BCUT2D eigenvalue weighted by atomic mass is 10.3. The number of rotatable bonds is 6. The van der Waals surface area contributed by atoms with Crippen LogP contribution in [0, 0.1) is 13.8 Å². The van der Waals surface area contributed by atoms with Crippen LogP contribution in [0.4, 0.5) is 16.5 Å². The Balaban J connectivity index is 1.53. The van der Waals surface area contributed by atoms with Crippen molar-refractivity contribution in [2.24, 2.45) is 0 Å². The Bertz CT molecular complexity index is 810. The number of hydrogen-bond donors (Lipinski definition) is 3. The molecule has 3 rings (SSSR count). The van der Waals surface area contributed by atoms with Gasteiger partial charge < -0.3 is 10.6 Å². The minimum absolute atomic E-state index is 0.0969. The highest BCUT2D eigenvalue weighted by molar-refractivity contribution is 8.01. The number of nitrogens with zero attached hydrogens (tertiary/aromatic N) is 3. The lowest BCUT2D eigenvalue weighted by Gasteiger charge is -2.03. The van der Waals surface area contributed by atoms with E-state index in [9.17, 15) is 4.79 Å². The van der Waals surface area contributed by atoms with Gasteiger partial charge in [-0.2, -0.15) is 5.10 Å². The van der Waals surface area contributed by atoms with Crippen LogP contribution in [0.25, 0.3) is 0 Å². The number of carbonyl (C=O) groups excluding carboxylic acids is 1. The van der Waals surface area contributed by atoms with Crippen LogP contribution in [0.3, 0.4) is 0 Å². The summed E-state index contributed by atoms with van der Waals surface area (Å²) in [6.45, 7) is 3.72. The standard InChI is InChI=1S/C15H16N6OS2/c1-9-13(10(2)19-18-9)17-12(22)8-23-15-21-20-14(24-15)16-11-6-4-3-5-7-11/h3-7H,8H2,1-2H3,(H,16,20)(H,17,22)(H,18,19). The molecule has 1 amide bonds. The molecule has 0 spiro atoms. The Morgan fingerprint density at radius 3 is 2.75 bits per heavy atom. The minimum atomic E-state index is -0.0969. The van der Waals surface area contributed by atoms with Crippen molar-refractivity contribution in [2.75, 3.05) is 16.4 Å². The van der Waals surface area contributed by atoms with Crippen molar-refractivity contribution in [3.8, 4) is 0 Å². The predicted octanol–water partition coefficient (Wildman–Crippen LogP) is 3.35. The number of carbonyl (C=O) groups is 1. The summed E-state index contributed by atoms with van der Waals surface area (Å²) in [5.74, 6) is 0.171. The molecule has 3 aromatic rings. The van der Waals surface area contributed by atoms with Crippen LogP contribution in [0.2, 0.25) is 0 Å². The maximum absolute atomic E-state index is 12.1. The molecule has 2 heterocycles. The lowest BCUT2D eigenvalue weighted by molar-refractivity contribution is -0.113. The highest BCUT2D eigenvalue weighted by Gasteiger charge is 2.12. The summed E-state index contributed by atoms with van der Waals surface area (Å²) in [5.41, 5.74) is 3.31. The first-order valence-corrected chi connectivity index (χ1v) is 9.02. The van der Waals surface area contributed by atoms with Gasteiger partial charge in [0.05, 0.1) is 22.8 Å². The van der Waals surface area contributed by atoms with E-state index in [1.807, 2.05) is 44.2 Å². The summed E-state index contributed by atoms with van der Waals surface area (Å²) in [6.07, 6.45) is 0. The van der Waals surface area contributed by atoms with Crippen LogP contribution < -0.4 is 10.6 Å². The van der Waals surface area contributed by atoms with Gasteiger partial charge >= 0.3 is 0 Å². The van der Waals surface area contributed by atoms with E-state index in [1.165, 1.54) is 23.1 Å². The van der Waals surface area contributed by atoms with E-state index >= 15 is 0 Å². The van der Waals surface area contributed by atoms with Crippen molar-refractivity contribution in [1.29, 1.82) is 0 Å². The molecule has 0 fully saturated rings. The molecule has 7 nitrogen and oxygen atoms in total. The molecular weight excluding hydrogens is 344 g/mol. The van der Waals surface area contributed by atoms with E-state index in [4.69, 9.17) is 0 Å². The maximum Gasteiger partial charge on any atom is 0.234 e. The predicted molar refractivity (Wildman–Crippen MR) is 97.0 cm³/mol. The Labute approximate surface area is 147 Å². The largest absolute Gasteiger partial charge is 0.330 e. The van der Waals surface area contributed by atoms with E-state index in [1.54, 1.807) is 0 Å². The lowest BCUT2D eigenvalue weighted by Crippen LogP contribution is -2.14. The summed E-state index contributed by atoms with van der Waals surface area (Å²) >= 11 is 2.77. The number of aromatic amines is 1. The van der Waals surface area contributed by atoms with Gasteiger partial charge in [-0.05, 0) is 26.0 Å². The van der Waals surface area contributed by atoms with E-state index in [-0.39, 0.29) is 11.7 Å². The van der Waals surface area contributed by atoms with Gasteiger partial charge in [-0.1, -0.05) is 41.3 Å². The van der Waals surface area contributed by atoms with Gasteiger partial charge in [-0.15, -0.1) is 10.2 Å². The number of nitrogens with one attached hydrogen (secondary N) is 3. The fourth-order valence-electron chi connectivity index (χ4n) is 2.00. The van der Waals surface area contributed by atoms with Crippen LogP contribution in [0.5, 0.6) is 0 Å². The van der Waals surface area contributed by atoms with Crippen LogP contribution >= 0.6 is 23.1 Å². The maximum atomic E-state index is 12.1. The zero-order chi connectivity index (χ0) is 16.9. The molecule has 0 unspecified atom stereocenters. The molecule has 0 saturated heterocycles. The summed E-state index contributed by atoms with van der Waals surface area (Å²) in [4.78, 5) is 12.1. The summed E-state index contributed by atoms with van der Waals surface area (Å²) in [7, 11) is 0. The Morgan fingerprint density at radius 1 is 1.25 bits per heavy atom. The fraction of sp³-hybridized carbons (Fsp3) is 0.200. The average molecular weight is 360 g/mol. The zero-order valence-electron chi connectivity index (χ0n) is 13.2. The summed E-state index contributed by atoms with van der Waals surface area (Å²) in [5, 5.41) is 21.8. The highest BCUT2D eigenvalue weighted by atomic mass is 32.2.